The molecule has 7 nitrogen and oxygen atoms in total. The fraction of sp³-hybridized carbons (Fsp3) is 0.400. The van der Waals surface area contributed by atoms with E-state index in [1.165, 1.54) is 12.0 Å². The predicted molar refractivity (Wildman–Crippen MR) is 100 cm³/mol. The summed E-state index contributed by atoms with van der Waals surface area (Å²) in [6.45, 7) is 4.17. The standard InChI is InChI=1S/C20H25NO6/c1-12(16-14(25-4)8-7-9-15(16)26-5)17-18(20(23)27-6)13(2)21(19(17)22)10-11-24-3/h7-9H,10-11H2,1-6H3. The molecule has 0 bridgehead atoms. The second kappa shape index (κ2) is 8.73. The van der Waals surface area contributed by atoms with E-state index >= 15 is 0 Å². The quantitative estimate of drug-likeness (QED) is 0.538. The highest BCUT2D eigenvalue weighted by Crippen LogP contribution is 2.41. The SMILES string of the molecule is COCCN1C(=O)C(=C(C)c2c(OC)cccc2OC)C(C(=O)OC)=C1C. The number of carbonyl (C=O) groups excluding carboxylic acids is 2. The molecular formula is C20H25NO6. The second-order valence-corrected chi connectivity index (χ2v) is 5.94. The van der Waals surface area contributed by atoms with E-state index < -0.39 is 5.97 Å². The van der Waals surface area contributed by atoms with E-state index in [9.17, 15) is 9.59 Å². The van der Waals surface area contributed by atoms with Gasteiger partial charge in [0.15, 0.2) is 0 Å². The molecule has 0 saturated heterocycles. The molecule has 27 heavy (non-hydrogen) atoms. The smallest absolute Gasteiger partial charge is 0.340 e. The van der Waals surface area contributed by atoms with Gasteiger partial charge in [0, 0.05) is 19.4 Å². The Morgan fingerprint density at radius 3 is 2.15 bits per heavy atom. The Hall–Kier alpha value is -2.80. The van der Waals surface area contributed by atoms with Crippen molar-refractivity contribution in [2.75, 3.05) is 41.6 Å². The van der Waals surface area contributed by atoms with E-state index in [0.717, 1.165) is 0 Å². The van der Waals surface area contributed by atoms with Gasteiger partial charge in [0.05, 0.1) is 44.6 Å². The van der Waals surface area contributed by atoms with Gasteiger partial charge in [-0.1, -0.05) is 6.07 Å². The Morgan fingerprint density at radius 2 is 1.67 bits per heavy atom. The number of methoxy groups -OCH3 is 4. The maximum Gasteiger partial charge on any atom is 0.340 e. The van der Waals surface area contributed by atoms with Gasteiger partial charge < -0.3 is 23.8 Å². The van der Waals surface area contributed by atoms with Crippen molar-refractivity contribution in [3.63, 3.8) is 0 Å². The van der Waals surface area contributed by atoms with Crippen molar-refractivity contribution in [1.29, 1.82) is 0 Å². The van der Waals surface area contributed by atoms with E-state index in [0.29, 0.717) is 41.5 Å². The zero-order chi connectivity index (χ0) is 20.1. The number of hydrogen-bond donors (Lipinski definition) is 0. The van der Waals surface area contributed by atoms with Crippen LogP contribution < -0.4 is 9.47 Å². The molecule has 1 aromatic rings. The highest BCUT2D eigenvalue weighted by molar-refractivity contribution is 6.18. The van der Waals surface area contributed by atoms with Crippen molar-refractivity contribution in [2.24, 2.45) is 0 Å². The molecule has 7 heteroatoms. The lowest BCUT2D eigenvalue weighted by Crippen LogP contribution is -2.28. The summed E-state index contributed by atoms with van der Waals surface area (Å²) >= 11 is 0. The molecule has 0 N–H and O–H groups in total. The van der Waals surface area contributed by atoms with Gasteiger partial charge in [-0.05, 0) is 31.6 Å². The van der Waals surface area contributed by atoms with Crippen LogP contribution in [0.1, 0.15) is 19.4 Å². The molecule has 0 fully saturated rings. The molecule has 1 aromatic carbocycles. The molecule has 0 aliphatic carbocycles. The Balaban J connectivity index is 2.73. The molecule has 1 aliphatic rings. The zero-order valence-corrected chi connectivity index (χ0v) is 16.5. The van der Waals surface area contributed by atoms with E-state index in [2.05, 4.69) is 0 Å². The summed E-state index contributed by atoms with van der Waals surface area (Å²) in [6, 6.07) is 5.35. The molecule has 146 valence electrons. The third kappa shape index (κ3) is 3.68. The normalized spacial score (nSPS) is 15.9. The zero-order valence-electron chi connectivity index (χ0n) is 16.5. The lowest BCUT2D eigenvalue weighted by atomic mass is 9.95. The third-order valence-corrected chi connectivity index (χ3v) is 4.56. The highest BCUT2D eigenvalue weighted by atomic mass is 16.5. The second-order valence-electron chi connectivity index (χ2n) is 5.94. The number of rotatable bonds is 7. The summed E-state index contributed by atoms with van der Waals surface area (Å²) in [5, 5.41) is 0. The highest BCUT2D eigenvalue weighted by Gasteiger charge is 2.39. The van der Waals surface area contributed by atoms with Crippen molar-refractivity contribution in [3.8, 4) is 11.5 Å². The monoisotopic (exact) mass is 375 g/mol. The third-order valence-electron chi connectivity index (χ3n) is 4.56. The van der Waals surface area contributed by atoms with Gasteiger partial charge in [-0.3, -0.25) is 4.79 Å². The van der Waals surface area contributed by atoms with Crippen LogP contribution in [-0.2, 0) is 19.1 Å². The van der Waals surface area contributed by atoms with Crippen LogP contribution in [0.4, 0.5) is 0 Å². The van der Waals surface area contributed by atoms with E-state index in [1.54, 1.807) is 53.4 Å². The van der Waals surface area contributed by atoms with Crippen LogP contribution in [0.15, 0.2) is 35.0 Å². The van der Waals surface area contributed by atoms with Crippen LogP contribution in [-0.4, -0.2) is 58.4 Å². The maximum atomic E-state index is 13.1. The van der Waals surface area contributed by atoms with Gasteiger partial charge in [-0.15, -0.1) is 0 Å². The van der Waals surface area contributed by atoms with Crippen molar-refractivity contribution in [2.45, 2.75) is 13.8 Å². The Bertz CT molecular complexity index is 786. The van der Waals surface area contributed by atoms with E-state index in [4.69, 9.17) is 18.9 Å². The number of amides is 1. The van der Waals surface area contributed by atoms with Crippen LogP contribution in [0.3, 0.4) is 0 Å². The molecule has 0 radical (unpaired) electrons. The van der Waals surface area contributed by atoms with Gasteiger partial charge in [-0.25, -0.2) is 4.79 Å². The fourth-order valence-electron chi connectivity index (χ4n) is 3.21. The minimum Gasteiger partial charge on any atom is -0.496 e. The Kier molecular flexibility index (Phi) is 6.63. The molecule has 1 aliphatic heterocycles. The van der Waals surface area contributed by atoms with Crippen LogP contribution in [0.2, 0.25) is 0 Å². The topological polar surface area (TPSA) is 74.3 Å². The summed E-state index contributed by atoms with van der Waals surface area (Å²) in [6.07, 6.45) is 0. The number of ether oxygens (including phenoxy) is 4. The van der Waals surface area contributed by atoms with Gasteiger partial charge in [0.25, 0.3) is 5.91 Å². The van der Waals surface area contributed by atoms with Gasteiger partial charge in [0.2, 0.25) is 0 Å². The van der Waals surface area contributed by atoms with Crippen molar-refractivity contribution >= 4 is 17.4 Å². The van der Waals surface area contributed by atoms with Gasteiger partial charge >= 0.3 is 5.97 Å². The summed E-state index contributed by atoms with van der Waals surface area (Å²) in [5.41, 5.74) is 2.25. The molecule has 2 rings (SSSR count). The summed E-state index contributed by atoms with van der Waals surface area (Å²) < 4.78 is 20.9. The molecule has 0 saturated carbocycles. The number of benzene rings is 1. The van der Waals surface area contributed by atoms with Crippen molar-refractivity contribution in [1.82, 2.24) is 4.90 Å². The van der Waals surface area contributed by atoms with Crippen molar-refractivity contribution in [3.05, 3.63) is 40.6 Å². The van der Waals surface area contributed by atoms with Crippen LogP contribution in [0.5, 0.6) is 11.5 Å². The van der Waals surface area contributed by atoms with Gasteiger partial charge in [-0.2, -0.15) is 0 Å². The number of hydrogen-bond acceptors (Lipinski definition) is 6. The first kappa shape index (κ1) is 20.5. The van der Waals surface area contributed by atoms with E-state index in [-0.39, 0.29) is 17.1 Å². The molecule has 0 spiro atoms. The lowest BCUT2D eigenvalue weighted by molar-refractivity contribution is -0.136. The lowest BCUT2D eigenvalue weighted by Gasteiger charge is -2.18. The van der Waals surface area contributed by atoms with Gasteiger partial charge in [0.1, 0.15) is 11.5 Å². The largest absolute Gasteiger partial charge is 0.496 e. The molecule has 1 amide bonds. The first-order valence-electron chi connectivity index (χ1n) is 8.45. The Labute approximate surface area is 159 Å². The average Bonchev–Trinajstić information content (AvgIpc) is 2.94. The minimum absolute atomic E-state index is 0.240. The number of allylic oxidation sites excluding steroid dienone is 2. The maximum absolute atomic E-state index is 13.1. The van der Waals surface area contributed by atoms with Crippen molar-refractivity contribution < 1.29 is 28.5 Å². The number of carbonyl (C=O) groups is 2. The molecular weight excluding hydrogens is 350 g/mol. The number of nitrogens with zero attached hydrogens (tertiary/aromatic N) is 1. The molecule has 1 heterocycles. The van der Waals surface area contributed by atoms with E-state index in [1.807, 2.05) is 0 Å². The van der Waals surface area contributed by atoms with Crippen LogP contribution >= 0.6 is 0 Å². The molecule has 0 unspecified atom stereocenters. The number of esters is 1. The van der Waals surface area contributed by atoms with Crippen LogP contribution in [0, 0.1) is 0 Å². The fourth-order valence-corrected chi connectivity index (χ4v) is 3.21. The Morgan fingerprint density at radius 1 is 1.07 bits per heavy atom. The van der Waals surface area contributed by atoms with Crippen LogP contribution in [0.25, 0.3) is 5.57 Å². The summed E-state index contributed by atoms with van der Waals surface area (Å²) in [5.74, 6) is 0.244. The molecule has 0 atom stereocenters. The average molecular weight is 375 g/mol. The minimum atomic E-state index is -0.566. The first-order valence-corrected chi connectivity index (χ1v) is 8.45. The predicted octanol–water partition coefficient (Wildman–Crippen LogP) is 2.41. The summed E-state index contributed by atoms with van der Waals surface area (Å²) in [4.78, 5) is 27.1. The molecule has 0 aromatic heterocycles. The summed E-state index contributed by atoms with van der Waals surface area (Å²) in [7, 11) is 5.93. The first-order chi connectivity index (χ1) is 12.9.